The van der Waals surface area contributed by atoms with Gasteiger partial charge in [0, 0.05) is 32.8 Å². The van der Waals surface area contributed by atoms with Crippen molar-refractivity contribution < 1.29 is 14.0 Å². The lowest BCUT2D eigenvalue weighted by molar-refractivity contribution is -0.126. The Bertz CT molecular complexity index is 1020. The lowest BCUT2D eigenvalue weighted by Gasteiger charge is -2.29. The van der Waals surface area contributed by atoms with Gasteiger partial charge in [-0.2, -0.15) is 0 Å². The van der Waals surface area contributed by atoms with Crippen LogP contribution in [0.25, 0.3) is 0 Å². The summed E-state index contributed by atoms with van der Waals surface area (Å²) in [4.78, 5) is 36.8. The summed E-state index contributed by atoms with van der Waals surface area (Å²) in [7, 11) is 1.77. The molecule has 2 atom stereocenters. The number of amides is 3. The number of halogens is 2. The van der Waals surface area contributed by atoms with Gasteiger partial charge in [0.1, 0.15) is 5.82 Å². The number of fused-ring (bicyclic) bond motifs is 1. The van der Waals surface area contributed by atoms with Gasteiger partial charge in [-0.3, -0.25) is 4.79 Å². The Morgan fingerprint density at radius 1 is 1.39 bits per heavy atom. The van der Waals surface area contributed by atoms with Crippen molar-refractivity contribution in [3.63, 3.8) is 0 Å². The third-order valence-corrected chi connectivity index (χ3v) is 6.00. The number of hydrogen-bond acceptors (Lipinski definition) is 5. The largest absolute Gasteiger partial charge is 0.349 e. The number of anilines is 1. The highest BCUT2D eigenvalue weighted by atomic mass is 35.5. The lowest BCUT2D eigenvalue weighted by Crippen LogP contribution is -2.44. The molecule has 0 radical (unpaired) electrons. The Kier molecular flexibility index (Phi) is 5.95. The third-order valence-electron chi connectivity index (χ3n) is 5.69. The Balaban J connectivity index is 1.39. The van der Waals surface area contributed by atoms with Crippen LogP contribution in [-0.4, -0.2) is 57.9 Å². The molecule has 0 bridgehead atoms. The van der Waals surface area contributed by atoms with Gasteiger partial charge in [-0.25, -0.2) is 19.2 Å². The number of urea groups is 1. The van der Waals surface area contributed by atoms with Crippen molar-refractivity contribution in [2.24, 2.45) is 0 Å². The van der Waals surface area contributed by atoms with Crippen LogP contribution in [0.5, 0.6) is 0 Å². The molecule has 1 aromatic carbocycles. The smallest absolute Gasteiger partial charge is 0.318 e. The fourth-order valence-corrected chi connectivity index (χ4v) is 3.95. The molecular weight excluding hydrogens is 423 g/mol. The van der Waals surface area contributed by atoms with Gasteiger partial charge in [0.25, 0.3) is 0 Å². The predicted molar refractivity (Wildman–Crippen MR) is 114 cm³/mol. The molecular formula is C21H24ClFN6O2. The summed E-state index contributed by atoms with van der Waals surface area (Å²) in [6.45, 7) is 3.29. The maximum absolute atomic E-state index is 13.7. The average molecular weight is 447 g/mol. The third kappa shape index (κ3) is 4.71. The van der Waals surface area contributed by atoms with Crippen molar-refractivity contribution in [3.8, 4) is 0 Å². The number of hydrogen-bond donors (Lipinski definition) is 2. The van der Waals surface area contributed by atoms with E-state index in [2.05, 4.69) is 20.6 Å². The zero-order valence-corrected chi connectivity index (χ0v) is 18.1. The summed E-state index contributed by atoms with van der Waals surface area (Å²) >= 11 is 5.73. The van der Waals surface area contributed by atoms with Gasteiger partial charge >= 0.3 is 6.03 Å². The van der Waals surface area contributed by atoms with Crippen molar-refractivity contribution in [2.75, 3.05) is 25.5 Å². The van der Waals surface area contributed by atoms with Crippen LogP contribution in [0.2, 0.25) is 5.02 Å². The van der Waals surface area contributed by atoms with Crippen molar-refractivity contribution in [1.82, 2.24) is 25.1 Å². The summed E-state index contributed by atoms with van der Waals surface area (Å²) in [5, 5.41) is 6.16. The fraction of sp³-hybridized carbons (Fsp3) is 0.429. The van der Waals surface area contributed by atoms with Crippen LogP contribution in [0.1, 0.15) is 36.2 Å². The molecule has 10 heteroatoms. The molecule has 1 saturated heterocycles. The van der Waals surface area contributed by atoms with E-state index < -0.39 is 5.82 Å². The first-order chi connectivity index (χ1) is 14.8. The first kappa shape index (κ1) is 21.3. The Labute approximate surface area is 184 Å². The topological polar surface area (TPSA) is 90.5 Å². The summed E-state index contributed by atoms with van der Waals surface area (Å²) in [6.07, 6.45) is 2.84. The summed E-state index contributed by atoms with van der Waals surface area (Å²) < 4.78 is 13.7. The van der Waals surface area contributed by atoms with Crippen molar-refractivity contribution in [3.05, 3.63) is 52.1 Å². The minimum absolute atomic E-state index is 0.0286. The molecule has 2 N–H and O–H groups in total. The van der Waals surface area contributed by atoms with Gasteiger partial charge in [-0.1, -0.05) is 17.7 Å². The van der Waals surface area contributed by atoms with E-state index in [0.717, 1.165) is 11.3 Å². The van der Waals surface area contributed by atoms with Crippen LogP contribution in [0.3, 0.4) is 0 Å². The molecule has 4 rings (SSSR count). The number of likely N-dealkylation sites (tertiary alicyclic amines) is 1. The van der Waals surface area contributed by atoms with Gasteiger partial charge in [0.15, 0.2) is 0 Å². The molecule has 1 unspecified atom stereocenters. The summed E-state index contributed by atoms with van der Waals surface area (Å²) in [5.74, 6) is 0.0335. The molecule has 164 valence electrons. The molecule has 0 aliphatic carbocycles. The minimum Gasteiger partial charge on any atom is -0.349 e. The molecule has 2 aliphatic heterocycles. The molecule has 3 amide bonds. The average Bonchev–Trinajstić information content (AvgIpc) is 3.06. The maximum atomic E-state index is 13.7. The summed E-state index contributed by atoms with van der Waals surface area (Å²) in [6, 6.07) is 3.85. The second-order valence-electron chi connectivity index (χ2n) is 8.00. The molecule has 0 saturated carbocycles. The van der Waals surface area contributed by atoms with E-state index in [4.69, 9.17) is 11.6 Å². The zero-order chi connectivity index (χ0) is 22.1. The zero-order valence-electron chi connectivity index (χ0n) is 17.4. The van der Waals surface area contributed by atoms with Crippen molar-refractivity contribution in [2.45, 2.75) is 38.4 Å². The van der Waals surface area contributed by atoms with Crippen LogP contribution in [-0.2, 0) is 17.8 Å². The van der Waals surface area contributed by atoms with Crippen LogP contribution in [0.4, 0.5) is 15.1 Å². The standard InChI is InChI=1S/C21H24ClFN6O2/c1-12(13-3-4-16(22)17(23)7-13)25-21(31)29-6-5-14-9-24-20(27-18(14)11-29)26-15-8-19(30)28(2)10-15/h3-4,7,9,12,15H,5-6,8,10-11H2,1-2H3,(H,25,31)(H,24,26,27)/t12-,15?/m1/s1. The second-order valence-corrected chi connectivity index (χ2v) is 8.41. The molecule has 8 nitrogen and oxygen atoms in total. The normalized spacial score (nSPS) is 19.2. The number of nitrogens with zero attached hydrogens (tertiary/aromatic N) is 4. The van der Waals surface area contributed by atoms with Crippen LogP contribution in [0, 0.1) is 5.82 Å². The molecule has 1 fully saturated rings. The van der Waals surface area contributed by atoms with E-state index in [1.807, 2.05) is 0 Å². The number of carbonyl (C=O) groups is 2. The lowest BCUT2D eigenvalue weighted by atomic mass is 10.1. The van der Waals surface area contributed by atoms with Gasteiger partial charge in [0.05, 0.1) is 29.3 Å². The fourth-order valence-electron chi connectivity index (χ4n) is 3.83. The monoisotopic (exact) mass is 446 g/mol. The van der Waals surface area contributed by atoms with Gasteiger partial charge in [-0.15, -0.1) is 0 Å². The number of rotatable bonds is 4. The van der Waals surface area contributed by atoms with E-state index in [0.29, 0.717) is 44.0 Å². The predicted octanol–water partition coefficient (Wildman–Crippen LogP) is 2.74. The first-order valence-corrected chi connectivity index (χ1v) is 10.5. The highest BCUT2D eigenvalue weighted by Crippen LogP contribution is 2.22. The van der Waals surface area contributed by atoms with Gasteiger partial charge in [0.2, 0.25) is 11.9 Å². The Morgan fingerprint density at radius 3 is 2.90 bits per heavy atom. The van der Waals surface area contributed by atoms with E-state index >= 15 is 0 Å². The molecule has 31 heavy (non-hydrogen) atoms. The Hall–Kier alpha value is -2.94. The van der Waals surface area contributed by atoms with E-state index in [1.54, 1.807) is 36.0 Å². The molecule has 1 aromatic heterocycles. The minimum atomic E-state index is -0.515. The van der Waals surface area contributed by atoms with Crippen LogP contribution < -0.4 is 10.6 Å². The highest BCUT2D eigenvalue weighted by Gasteiger charge is 2.28. The van der Waals surface area contributed by atoms with E-state index in [1.165, 1.54) is 12.1 Å². The SMILES string of the molecule is C[C@@H](NC(=O)N1CCc2cnc(NC3CC(=O)N(C)C3)nc2C1)c1ccc(Cl)c(F)c1. The molecule has 3 heterocycles. The molecule has 2 aromatic rings. The molecule has 0 spiro atoms. The first-order valence-electron chi connectivity index (χ1n) is 10.2. The van der Waals surface area contributed by atoms with Crippen molar-refractivity contribution >= 4 is 29.5 Å². The highest BCUT2D eigenvalue weighted by molar-refractivity contribution is 6.30. The van der Waals surface area contributed by atoms with Crippen LogP contribution >= 0.6 is 11.6 Å². The second kappa shape index (κ2) is 8.66. The number of aromatic nitrogens is 2. The van der Waals surface area contributed by atoms with Crippen LogP contribution in [0.15, 0.2) is 24.4 Å². The van der Waals surface area contributed by atoms with Crippen molar-refractivity contribution in [1.29, 1.82) is 0 Å². The quantitative estimate of drug-likeness (QED) is 0.753. The van der Waals surface area contributed by atoms with Gasteiger partial charge < -0.3 is 20.4 Å². The van der Waals surface area contributed by atoms with E-state index in [-0.39, 0.29) is 29.0 Å². The number of likely N-dealkylation sites (N-methyl/N-ethyl adjacent to an activating group) is 1. The number of carbonyl (C=O) groups excluding carboxylic acids is 2. The molecule has 2 aliphatic rings. The van der Waals surface area contributed by atoms with Gasteiger partial charge in [-0.05, 0) is 36.6 Å². The summed E-state index contributed by atoms with van der Waals surface area (Å²) in [5.41, 5.74) is 2.42. The maximum Gasteiger partial charge on any atom is 0.318 e. The number of nitrogens with one attached hydrogen (secondary N) is 2. The van der Waals surface area contributed by atoms with E-state index in [9.17, 15) is 14.0 Å². The number of benzene rings is 1. The Morgan fingerprint density at radius 2 is 2.19 bits per heavy atom.